The third-order valence-corrected chi connectivity index (χ3v) is 6.92. The molecule has 0 bridgehead atoms. The Kier molecular flexibility index (Phi) is 8.66. The number of piperazine rings is 1. The van der Waals surface area contributed by atoms with E-state index in [9.17, 15) is 0 Å². The van der Waals surface area contributed by atoms with E-state index in [1.165, 1.54) is 24.2 Å². The molecule has 1 aromatic rings. The molecule has 0 spiro atoms. The average molecular weight is 435 g/mol. The summed E-state index contributed by atoms with van der Waals surface area (Å²) in [5.74, 6) is 1.70. The Morgan fingerprint density at radius 2 is 1.90 bits per heavy atom. The van der Waals surface area contributed by atoms with Crippen LogP contribution in [0.5, 0.6) is 0 Å². The van der Waals surface area contributed by atoms with Gasteiger partial charge in [0.25, 0.3) is 0 Å². The number of hydrogen-bond acceptors (Lipinski definition) is 4. The highest BCUT2D eigenvalue weighted by molar-refractivity contribution is 6.31. The van der Waals surface area contributed by atoms with E-state index >= 15 is 0 Å². The summed E-state index contributed by atoms with van der Waals surface area (Å²) in [5.41, 5.74) is 2.42. The first kappa shape index (κ1) is 23.2. The number of nitrogens with one attached hydrogen (secondary N) is 1. The summed E-state index contributed by atoms with van der Waals surface area (Å²) in [6.07, 6.45) is 1.23. The van der Waals surface area contributed by atoms with Crippen molar-refractivity contribution < 1.29 is 0 Å². The van der Waals surface area contributed by atoms with Gasteiger partial charge in [0.2, 0.25) is 0 Å². The predicted molar refractivity (Wildman–Crippen MR) is 129 cm³/mol. The van der Waals surface area contributed by atoms with Gasteiger partial charge < -0.3 is 24.9 Å². The Labute approximate surface area is 187 Å². The molecule has 7 heteroatoms. The van der Waals surface area contributed by atoms with Gasteiger partial charge in [-0.1, -0.05) is 31.5 Å². The first-order valence-corrected chi connectivity index (χ1v) is 11.8. The van der Waals surface area contributed by atoms with Crippen molar-refractivity contribution in [3.63, 3.8) is 0 Å². The minimum absolute atomic E-state index is 0.700. The lowest BCUT2D eigenvalue weighted by atomic mass is 10.1. The molecule has 1 N–H and O–H groups in total. The largest absolute Gasteiger partial charge is 0.369 e. The van der Waals surface area contributed by atoms with Crippen molar-refractivity contribution in [2.75, 3.05) is 77.9 Å². The fraction of sp³-hybridized carbons (Fsp3) is 0.696. The number of likely N-dealkylation sites (N-methyl/N-ethyl adjacent to an activating group) is 1. The average Bonchev–Trinajstić information content (AvgIpc) is 3.22. The van der Waals surface area contributed by atoms with Crippen LogP contribution in [0.1, 0.15) is 25.8 Å². The predicted octanol–water partition coefficient (Wildman–Crippen LogP) is 2.83. The standard InChI is InChI=1S/C23H39ClN6/c1-5-28(6-2)17-19-10-11-30(18-19)23(25-3)26-16-20-21(24)8-7-9-22(20)29-14-12-27(4)13-15-29/h7-9,19H,5-6,10-18H2,1-4H3,(H,25,26). The Balaban J connectivity index is 1.62. The number of rotatable bonds is 7. The molecule has 0 aliphatic carbocycles. The molecule has 0 amide bonds. The lowest BCUT2D eigenvalue weighted by molar-refractivity contribution is 0.255. The number of guanidine groups is 1. The number of benzene rings is 1. The van der Waals surface area contributed by atoms with E-state index in [2.05, 4.69) is 62.9 Å². The smallest absolute Gasteiger partial charge is 0.193 e. The van der Waals surface area contributed by atoms with Gasteiger partial charge in [-0.25, -0.2) is 0 Å². The molecule has 0 saturated carbocycles. The van der Waals surface area contributed by atoms with Crippen LogP contribution in [0.25, 0.3) is 0 Å². The Hall–Kier alpha value is -1.50. The lowest BCUT2D eigenvalue weighted by Crippen LogP contribution is -2.45. The summed E-state index contributed by atoms with van der Waals surface area (Å²) in [5, 5.41) is 4.43. The van der Waals surface area contributed by atoms with Gasteiger partial charge in [0.15, 0.2) is 5.96 Å². The summed E-state index contributed by atoms with van der Waals surface area (Å²) in [6.45, 7) is 15.0. The summed E-state index contributed by atoms with van der Waals surface area (Å²) in [6, 6.07) is 6.26. The van der Waals surface area contributed by atoms with Crippen LogP contribution >= 0.6 is 11.6 Å². The van der Waals surface area contributed by atoms with Gasteiger partial charge in [-0.15, -0.1) is 0 Å². The van der Waals surface area contributed by atoms with E-state index in [1.54, 1.807) is 0 Å². The van der Waals surface area contributed by atoms with Crippen LogP contribution < -0.4 is 10.2 Å². The Morgan fingerprint density at radius 1 is 1.17 bits per heavy atom. The fourth-order valence-electron chi connectivity index (χ4n) is 4.59. The second kappa shape index (κ2) is 11.2. The molecule has 2 aliphatic rings. The molecule has 30 heavy (non-hydrogen) atoms. The van der Waals surface area contributed by atoms with Gasteiger partial charge in [-0.05, 0) is 44.6 Å². The minimum atomic E-state index is 0.700. The van der Waals surface area contributed by atoms with Crippen molar-refractivity contribution >= 4 is 23.2 Å². The molecule has 1 aromatic carbocycles. The molecule has 0 aromatic heterocycles. The topological polar surface area (TPSA) is 37.4 Å². The highest BCUT2D eigenvalue weighted by Gasteiger charge is 2.26. The van der Waals surface area contributed by atoms with E-state index in [4.69, 9.17) is 11.6 Å². The van der Waals surface area contributed by atoms with Crippen LogP contribution in [-0.2, 0) is 6.54 Å². The molecule has 0 radical (unpaired) electrons. The van der Waals surface area contributed by atoms with Crippen LogP contribution in [0.15, 0.2) is 23.2 Å². The number of halogens is 1. The van der Waals surface area contributed by atoms with E-state index in [1.807, 2.05) is 13.1 Å². The minimum Gasteiger partial charge on any atom is -0.369 e. The zero-order valence-electron chi connectivity index (χ0n) is 19.2. The second-order valence-corrected chi connectivity index (χ2v) is 8.92. The third-order valence-electron chi connectivity index (χ3n) is 6.57. The first-order valence-electron chi connectivity index (χ1n) is 11.4. The molecule has 2 fully saturated rings. The van der Waals surface area contributed by atoms with Crippen molar-refractivity contribution in [1.82, 2.24) is 20.0 Å². The van der Waals surface area contributed by atoms with Gasteiger partial charge in [0.1, 0.15) is 0 Å². The van der Waals surface area contributed by atoms with Crippen LogP contribution in [0.4, 0.5) is 5.69 Å². The van der Waals surface area contributed by atoms with Crippen molar-refractivity contribution in [1.29, 1.82) is 0 Å². The van der Waals surface area contributed by atoms with E-state index in [-0.39, 0.29) is 0 Å². The molecule has 6 nitrogen and oxygen atoms in total. The highest BCUT2D eigenvalue weighted by atomic mass is 35.5. The van der Waals surface area contributed by atoms with Crippen LogP contribution in [0.2, 0.25) is 5.02 Å². The summed E-state index contributed by atoms with van der Waals surface area (Å²) in [7, 11) is 4.07. The van der Waals surface area contributed by atoms with Crippen molar-refractivity contribution in [2.24, 2.45) is 10.9 Å². The molecule has 2 heterocycles. The maximum absolute atomic E-state index is 6.64. The monoisotopic (exact) mass is 434 g/mol. The van der Waals surface area contributed by atoms with Gasteiger partial charge in [0, 0.05) is 75.7 Å². The number of anilines is 1. The number of likely N-dealkylation sites (tertiary alicyclic amines) is 1. The van der Waals surface area contributed by atoms with Gasteiger partial charge in [-0.3, -0.25) is 4.99 Å². The second-order valence-electron chi connectivity index (χ2n) is 8.52. The number of nitrogens with zero attached hydrogens (tertiary/aromatic N) is 5. The zero-order chi connectivity index (χ0) is 21.5. The molecule has 3 rings (SSSR count). The SMILES string of the molecule is CCN(CC)CC1CCN(C(=NC)NCc2c(Cl)cccc2N2CCN(C)CC2)C1. The highest BCUT2D eigenvalue weighted by Crippen LogP contribution is 2.28. The van der Waals surface area contributed by atoms with Crippen molar-refractivity contribution in [3.05, 3.63) is 28.8 Å². The molecule has 1 atom stereocenters. The quantitative estimate of drug-likeness (QED) is 0.527. The van der Waals surface area contributed by atoms with Gasteiger partial charge >= 0.3 is 0 Å². The molecule has 2 aliphatic heterocycles. The van der Waals surface area contributed by atoms with E-state index < -0.39 is 0 Å². The number of hydrogen-bond donors (Lipinski definition) is 1. The summed E-state index contributed by atoms with van der Waals surface area (Å²) < 4.78 is 0. The summed E-state index contributed by atoms with van der Waals surface area (Å²) in [4.78, 5) is 14.3. The molecular weight excluding hydrogens is 396 g/mol. The van der Waals surface area contributed by atoms with E-state index in [0.29, 0.717) is 12.5 Å². The molecular formula is C23H39ClN6. The van der Waals surface area contributed by atoms with Crippen molar-refractivity contribution in [3.8, 4) is 0 Å². The molecule has 1 unspecified atom stereocenters. The normalized spacial score (nSPS) is 21.0. The number of aliphatic imine (C=N–C) groups is 1. The van der Waals surface area contributed by atoms with Crippen molar-refractivity contribution in [2.45, 2.75) is 26.8 Å². The molecule has 2 saturated heterocycles. The zero-order valence-corrected chi connectivity index (χ0v) is 20.0. The van der Waals surface area contributed by atoms with Crippen LogP contribution in [0, 0.1) is 5.92 Å². The van der Waals surface area contributed by atoms with Gasteiger partial charge in [-0.2, -0.15) is 0 Å². The summed E-state index contributed by atoms with van der Waals surface area (Å²) >= 11 is 6.64. The Morgan fingerprint density at radius 3 is 2.57 bits per heavy atom. The van der Waals surface area contributed by atoms with Gasteiger partial charge in [0.05, 0.1) is 0 Å². The fourth-order valence-corrected chi connectivity index (χ4v) is 4.82. The Bertz CT molecular complexity index is 697. The van der Waals surface area contributed by atoms with E-state index in [0.717, 1.165) is 63.3 Å². The third kappa shape index (κ3) is 5.80. The molecule has 168 valence electrons. The van der Waals surface area contributed by atoms with Crippen LogP contribution in [0.3, 0.4) is 0 Å². The van der Waals surface area contributed by atoms with Crippen LogP contribution in [-0.4, -0.2) is 93.7 Å². The lowest BCUT2D eigenvalue weighted by Gasteiger charge is -2.35. The first-order chi connectivity index (χ1) is 14.5. The maximum atomic E-state index is 6.64. The maximum Gasteiger partial charge on any atom is 0.193 e.